The lowest BCUT2D eigenvalue weighted by Crippen LogP contribution is -2.27. The van der Waals surface area contributed by atoms with Crippen LogP contribution >= 0.6 is 0 Å². The van der Waals surface area contributed by atoms with E-state index >= 15 is 0 Å². The van der Waals surface area contributed by atoms with Gasteiger partial charge in [0.05, 0.1) is 24.1 Å². The first kappa shape index (κ1) is 23.2. The number of likely N-dealkylation sites (N-methyl/N-ethyl adjacent to an activating group) is 2. The molecule has 2 rings (SSSR count). The number of nitrogens with one attached hydrogen (secondary N) is 2. The lowest BCUT2D eigenvalue weighted by molar-refractivity contribution is -0.137. The zero-order chi connectivity index (χ0) is 21.6. The van der Waals surface area contributed by atoms with Gasteiger partial charge in [-0.15, -0.1) is 0 Å². The number of hydrogen-bond acceptors (Lipinski definition) is 4. The summed E-state index contributed by atoms with van der Waals surface area (Å²) in [5.74, 6) is 0.681. The Balaban J connectivity index is 2.40. The van der Waals surface area contributed by atoms with Crippen molar-refractivity contribution in [1.29, 1.82) is 0 Å². The zero-order valence-corrected chi connectivity index (χ0v) is 17.8. The minimum Gasteiger partial charge on any atom is -0.493 e. The Hall–Kier alpha value is -2.06. The Morgan fingerprint density at radius 3 is 2.59 bits per heavy atom. The molecule has 8 heteroatoms. The highest BCUT2D eigenvalue weighted by Crippen LogP contribution is 2.39. The van der Waals surface area contributed by atoms with Gasteiger partial charge >= 0.3 is 6.18 Å². The Labute approximate surface area is 170 Å². The van der Waals surface area contributed by atoms with Crippen LogP contribution in [-0.2, 0) is 12.7 Å². The van der Waals surface area contributed by atoms with Gasteiger partial charge in [0.2, 0.25) is 0 Å². The average Bonchev–Trinajstić information content (AvgIpc) is 3.08. The number of aromatic nitrogens is 2. The van der Waals surface area contributed by atoms with E-state index in [4.69, 9.17) is 4.74 Å². The molecule has 0 spiro atoms. The van der Waals surface area contributed by atoms with Crippen molar-refractivity contribution >= 4 is 0 Å². The van der Waals surface area contributed by atoms with Gasteiger partial charge in [0.1, 0.15) is 5.75 Å². The number of rotatable bonds is 10. The molecule has 0 aliphatic heterocycles. The highest BCUT2D eigenvalue weighted by atomic mass is 19.4. The van der Waals surface area contributed by atoms with Crippen molar-refractivity contribution in [3.8, 4) is 16.9 Å². The summed E-state index contributed by atoms with van der Waals surface area (Å²) in [6, 6.07) is 2.28. The summed E-state index contributed by atoms with van der Waals surface area (Å²) < 4.78 is 46.3. The SMILES string of the molecule is CNCCN(C)Cc1[nH]ncc1-c1cc(C(F)(F)F)cc(OCCC(C)C)c1C. The van der Waals surface area contributed by atoms with E-state index in [1.807, 2.05) is 14.1 Å². The molecule has 1 aromatic carbocycles. The van der Waals surface area contributed by atoms with Crippen molar-refractivity contribution in [2.24, 2.45) is 5.92 Å². The quantitative estimate of drug-likeness (QED) is 0.604. The molecule has 1 heterocycles. The topological polar surface area (TPSA) is 53.2 Å². The minimum atomic E-state index is -4.45. The molecular weight excluding hydrogens is 381 g/mol. The number of aromatic amines is 1. The second-order valence-corrected chi connectivity index (χ2v) is 7.78. The lowest BCUT2D eigenvalue weighted by atomic mass is 9.97. The van der Waals surface area contributed by atoms with E-state index in [0.29, 0.717) is 35.8 Å². The third-order valence-electron chi connectivity index (χ3n) is 4.82. The molecule has 0 saturated heterocycles. The van der Waals surface area contributed by atoms with E-state index < -0.39 is 11.7 Å². The van der Waals surface area contributed by atoms with E-state index in [0.717, 1.165) is 31.3 Å². The van der Waals surface area contributed by atoms with Gasteiger partial charge in [-0.25, -0.2) is 0 Å². The highest BCUT2D eigenvalue weighted by molar-refractivity contribution is 5.72. The summed E-state index contributed by atoms with van der Waals surface area (Å²) in [5, 5.41) is 10.1. The van der Waals surface area contributed by atoms with Gasteiger partial charge in [-0.2, -0.15) is 18.3 Å². The van der Waals surface area contributed by atoms with Crippen LogP contribution in [0.3, 0.4) is 0 Å². The van der Waals surface area contributed by atoms with Gasteiger partial charge in [0.25, 0.3) is 0 Å². The van der Waals surface area contributed by atoms with Crippen LogP contribution in [0, 0.1) is 12.8 Å². The highest BCUT2D eigenvalue weighted by Gasteiger charge is 2.32. The smallest absolute Gasteiger partial charge is 0.416 e. The van der Waals surface area contributed by atoms with Crippen molar-refractivity contribution in [2.45, 2.75) is 39.9 Å². The van der Waals surface area contributed by atoms with Gasteiger partial charge in [0.15, 0.2) is 0 Å². The van der Waals surface area contributed by atoms with E-state index in [-0.39, 0.29) is 5.75 Å². The number of hydrogen-bond donors (Lipinski definition) is 2. The van der Waals surface area contributed by atoms with E-state index in [1.54, 1.807) is 13.1 Å². The lowest BCUT2D eigenvalue weighted by Gasteiger charge is -2.19. The maximum Gasteiger partial charge on any atom is 0.416 e. The summed E-state index contributed by atoms with van der Waals surface area (Å²) in [4.78, 5) is 2.08. The summed E-state index contributed by atoms with van der Waals surface area (Å²) in [7, 11) is 3.84. The maximum absolute atomic E-state index is 13.5. The second-order valence-electron chi connectivity index (χ2n) is 7.78. The minimum absolute atomic E-state index is 0.270. The predicted octanol–water partition coefficient (Wildman–Crippen LogP) is 4.48. The standard InChI is InChI=1S/C21H31F3N4O/c1-14(2)6-9-29-20-11-16(21(22,23)24)10-17(15(20)3)18-12-26-27-19(18)13-28(5)8-7-25-4/h10-12,14,25H,6-9,13H2,1-5H3,(H,26,27). The molecule has 0 radical (unpaired) electrons. The third-order valence-corrected chi connectivity index (χ3v) is 4.82. The molecule has 0 bridgehead atoms. The Morgan fingerprint density at radius 2 is 1.97 bits per heavy atom. The Morgan fingerprint density at radius 1 is 1.24 bits per heavy atom. The maximum atomic E-state index is 13.5. The van der Waals surface area contributed by atoms with Crippen molar-refractivity contribution in [1.82, 2.24) is 20.4 Å². The molecule has 5 nitrogen and oxygen atoms in total. The fraction of sp³-hybridized carbons (Fsp3) is 0.571. The third kappa shape index (κ3) is 6.47. The van der Waals surface area contributed by atoms with E-state index in [1.165, 1.54) is 6.07 Å². The molecule has 29 heavy (non-hydrogen) atoms. The van der Waals surface area contributed by atoms with Crippen molar-refractivity contribution in [2.75, 3.05) is 33.8 Å². The van der Waals surface area contributed by atoms with Gasteiger partial charge < -0.3 is 10.1 Å². The van der Waals surface area contributed by atoms with Crippen LogP contribution in [0.15, 0.2) is 18.3 Å². The summed E-state index contributed by atoms with van der Waals surface area (Å²) in [6.45, 7) is 8.45. The van der Waals surface area contributed by atoms with E-state index in [9.17, 15) is 13.2 Å². The first-order valence-electron chi connectivity index (χ1n) is 9.83. The molecule has 2 N–H and O–H groups in total. The van der Waals surface area contributed by atoms with Crippen LogP contribution in [-0.4, -0.2) is 48.9 Å². The molecule has 0 amide bonds. The molecule has 1 aromatic heterocycles. The first-order valence-corrected chi connectivity index (χ1v) is 9.83. The summed E-state index contributed by atoms with van der Waals surface area (Å²) in [6.07, 6.45) is -2.09. The van der Waals surface area contributed by atoms with Crippen LogP contribution in [0.1, 0.15) is 37.1 Å². The van der Waals surface area contributed by atoms with Gasteiger partial charge in [0, 0.05) is 25.2 Å². The van der Waals surface area contributed by atoms with Crippen LogP contribution in [0.5, 0.6) is 5.75 Å². The first-order chi connectivity index (χ1) is 13.6. The number of benzene rings is 1. The number of halogens is 3. The van der Waals surface area contributed by atoms with Gasteiger partial charge in [-0.3, -0.25) is 10.00 Å². The Kier molecular flexibility index (Phi) is 8.10. The van der Waals surface area contributed by atoms with Crippen molar-refractivity contribution < 1.29 is 17.9 Å². The number of ether oxygens (including phenoxy) is 1. The van der Waals surface area contributed by atoms with Crippen molar-refractivity contribution in [3.05, 3.63) is 35.2 Å². The van der Waals surface area contributed by atoms with Crippen molar-refractivity contribution in [3.63, 3.8) is 0 Å². The normalized spacial score (nSPS) is 12.2. The molecule has 0 fully saturated rings. The van der Waals surface area contributed by atoms with Crippen LogP contribution in [0.4, 0.5) is 13.2 Å². The monoisotopic (exact) mass is 412 g/mol. The molecule has 0 aliphatic rings. The molecular formula is C21H31F3N4O. The molecule has 162 valence electrons. The molecule has 0 atom stereocenters. The number of H-pyrrole nitrogens is 1. The largest absolute Gasteiger partial charge is 0.493 e. The van der Waals surface area contributed by atoms with Crippen LogP contribution < -0.4 is 10.1 Å². The molecule has 0 saturated carbocycles. The number of nitrogens with zero attached hydrogens (tertiary/aromatic N) is 2. The fourth-order valence-electron chi connectivity index (χ4n) is 3.00. The van der Waals surface area contributed by atoms with Crippen LogP contribution in [0.25, 0.3) is 11.1 Å². The predicted molar refractivity (Wildman–Crippen MR) is 109 cm³/mol. The van der Waals surface area contributed by atoms with Gasteiger partial charge in [-0.1, -0.05) is 13.8 Å². The second kappa shape index (κ2) is 10.1. The molecule has 0 aliphatic carbocycles. The number of alkyl halides is 3. The molecule has 0 unspecified atom stereocenters. The molecule has 2 aromatic rings. The van der Waals surface area contributed by atoms with Crippen LogP contribution in [0.2, 0.25) is 0 Å². The van der Waals surface area contributed by atoms with Gasteiger partial charge in [-0.05, 0) is 56.6 Å². The zero-order valence-electron chi connectivity index (χ0n) is 17.8. The summed E-state index contributed by atoms with van der Waals surface area (Å²) >= 11 is 0. The fourth-order valence-corrected chi connectivity index (χ4v) is 3.00. The Bertz CT molecular complexity index is 787. The average molecular weight is 413 g/mol. The summed E-state index contributed by atoms with van der Waals surface area (Å²) in [5.41, 5.74) is 1.90. The van der Waals surface area contributed by atoms with E-state index in [2.05, 4.69) is 34.3 Å².